The highest BCUT2D eigenvalue weighted by Gasteiger charge is 2.51. The Balaban J connectivity index is 1.24. The van der Waals surface area contributed by atoms with Crippen molar-refractivity contribution in [1.29, 1.82) is 5.26 Å². The molecule has 2 saturated heterocycles. The number of nitrogens with one attached hydrogen (secondary N) is 4. The first kappa shape index (κ1) is 23.2. The van der Waals surface area contributed by atoms with E-state index in [1.807, 2.05) is 24.3 Å². The van der Waals surface area contributed by atoms with Crippen LogP contribution in [0, 0.1) is 23.2 Å². The minimum atomic E-state index is -0.323. The Morgan fingerprint density at radius 3 is 2.66 bits per heavy atom. The van der Waals surface area contributed by atoms with Gasteiger partial charge in [-0.1, -0.05) is 25.0 Å². The maximum atomic E-state index is 12.8. The number of rotatable bonds is 6. The largest absolute Gasteiger partial charge is 0.368 e. The van der Waals surface area contributed by atoms with Gasteiger partial charge in [0.2, 0.25) is 11.7 Å². The van der Waals surface area contributed by atoms with Crippen molar-refractivity contribution in [2.24, 2.45) is 11.8 Å². The summed E-state index contributed by atoms with van der Waals surface area (Å²) in [5.41, 5.74) is 5.37. The third-order valence-electron chi connectivity index (χ3n) is 7.21. The number of amides is 2. The molecule has 35 heavy (non-hydrogen) atoms. The topological polar surface area (TPSA) is 135 Å². The Labute approximate surface area is 204 Å². The molecule has 0 radical (unpaired) electrons. The lowest BCUT2D eigenvalue weighted by atomic mass is 9.83. The van der Waals surface area contributed by atoms with E-state index in [0.717, 1.165) is 43.4 Å². The Morgan fingerprint density at radius 2 is 1.89 bits per heavy atom. The van der Waals surface area contributed by atoms with Crippen LogP contribution in [-0.4, -0.2) is 51.6 Å². The van der Waals surface area contributed by atoms with Crippen LogP contribution in [0.3, 0.4) is 0 Å². The van der Waals surface area contributed by atoms with E-state index in [1.54, 1.807) is 6.07 Å². The second kappa shape index (κ2) is 10.4. The molecule has 3 fully saturated rings. The molecule has 1 aromatic heterocycles. The molecule has 2 amide bonds. The van der Waals surface area contributed by atoms with Crippen LogP contribution >= 0.6 is 0 Å². The molecule has 182 valence electrons. The highest BCUT2D eigenvalue weighted by atomic mass is 16.2. The third-order valence-corrected chi connectivity index (χ3v) is 7.21. The van der Waals surface area contributed by atoms with Crippen LogP contribution < -0.4 is 21.4 Å². The van der Waals surface area contributed by atoms with E-state index < -0.39 is 0 Å². The Bertz CT molecular complexity index is 1090. The standard InChI is InChI=1S/C25H30N8O2/c26-14-17-4-1-2-5-19(17)33-20-10-13-29-24(34)21(20)22(32-33)31-18-8-6-16(7-9-18)15-30-25(35)23-27-11-3-12-28-23/h3,6-9,11-12,17,19-22,31-32H,1-2,4-5,10,13,15H2,(H,29,34)(H,30,35)/t17-,19+,20?,21?,22?/m1/s1. The molecule has 10 nitrogen and oxygen atoms in total. The van der Waals surface area contributed by atoms with Gasteiger partial charge in [-0.05, 0) is 43.0 Å². The lowest BCUT2D eigenvalue weighted by Crippen LogP contribution is -2.54. The van der Waals surface area contributed by atoms with E-state index in [4.69, 9.17) is 0 Å². The van der Waals surface area contributed by atoms with Gasteiger partial charge < -0.3 is 16.0 Å². The summed E-state index contributed by atoms with van der Waals surface area (Å²) in [7, 11) is 0. The quantitative estimate of drug-likeness (QED) is 0.495. The van der Waals surface area contributed by atoms with Crippen molar-refractivity contribution in [2.75, 3.05) is 11.9 Å². The smallest absolute Gasteiger partial charge is 0.289 e. The van der Waals surface area contributed by atoms with Crippen molar-refractivity contribution in [3.63, 3.8) is 0 Å². The van der Waals surface area contributed by atoms with Crippen LogP contribution in [0.5, 0.6) is 0 Å². The minimum Gasteiger partial charge on any atom is -0.368 e. The van der Waals surface area contributed by atoms with E-state index >= 15 is 0 Å². The molecular weight excluding hydrogens is 444 g/mol. The van der Waals surface area contributed by atoms with Crippen molar-refractivity contribution in [3.05, 3.63) is 54.1 Å². The third kappa shape index (κ3) is 4.97. The summed E-state index contributed by atoms with van der Waals surface area (Å²) >= 11 is 0. The second-order valence-corrected chi connectivity index (χ2v) is 9.37. The van der Waals surface area contributed by atoms with Crippen LogP contribution in [0.2, 0.25) is 0 Å². The Morgan fingerprint density at radius 1 is 1.11 bits per heavy atom. The van der Waals surface area contributed by atoms with Crippen molar-refractivity contribution in [3.8, 4) is 6.07 Å². The van der Waals surface area contributed by atoms with Crippen LogP contribution in [0.4, 0.5) is 5.69 Å². The number of carbonyl (C=O) groups is 2. The van der Waals surface area contributed by atoms with Crippen molar-refractivity contribution in [2.45, 2.75) is 56.9 Å². The van der Waals surface area contributed by atoms with Crippen molar-refractivity contribution in [1.82, 2.24) is 31.0 Å². The number of nitrogens with zero attached hydrogens (tertiary/aromatic N) is 4. The summed E-state index contributed by atoms with van der Waals surface area (Å²) in [6.07, 6.45) is 7.74. The highest BCUT2D eigenvalue weighted by Crippen LogP contribution is 2.36. The average Bonchev–Trinajstić information content (AvgIpc) is 3.27. The number of nitriles is 1. The molecule has 10 heteroatoms. The molecule has 0 bridgehead atoms. The van der Waals surface area contributed by atoms with Crippen molar-refractivity contribution >= 4 is 17.5 Å². The normalized spacial score (nSPS) is 28.4. The number of carbonyl (C=O) groups excluding carboxylic acids is 2. The van der Waals surface area contributed by atoms with Crippen molar-refractivity contribution < 1.29 is 9.59 Å². The van der Waals surface area contributed by atoms with Gasteiger partial charge in [0.15, 0.2) is 0 Å². The summed E-state index contributed by atoms with van der Waals surface area (Å²) in [5, 5.41) is 21.2. The number of hydrogen-bond donors (Lipinski definition) is 4. The fourth-order valence-electron chi connectivity index (χ4n) is 5.47. The minimum absolute atomic E-state index is 0.0172. The summed E-state index contributed by atoms with van der Waals surface area (Å²) in [6, 6.07) is 12.1. The monoisotopic (exact) mass is 474 g/mol. The van der Waals surface area contributed by atoms with Crippen LogP contribution in [-0.2, 0) is 11.3 Å². The number of benzene rings is 1. The van der Waals surface area contributed by atoms with Gasteiger partial charge in [-0.15, -0.1) is 0 Å². The van der Waals surface area contributed by atoms with Gasteiger partial charge in [0.05, 0.1) is 17.9 Å². The summed E-state index contributed by atoms with van der Waals surface area (Å²) in [6.45, 7) is 1.01. The van der Waals surface area contributed by atoms with Gasteiger partial charge in [-0.25, -0.2) is 20.4 Å². The van der Waals surface area contributed by atoms with E-state index in [9.17, 15) is 14.9 Å². The summed E-state index contributed by atoms with van der Waals surface area (Å²) < 4.78 is 0. The molecule has 1 saturated carbocycles. The molecule has 5 atom stereocenters. The Kier molecular flexibility index (Phi) is 6.88. The molecule has 4 N–H and O–H groups in total. The zero-order chi connectivity index (χ0) is 24.2. The fourth-order valence-corrected chi connectivity index (χ4v) is 5.47. The van der Waals surface area contributed by atoms with Gasteiger partial charge in [0, 0.05) is 43.3 Å². The molecule has 2 aromatic rings. The summed E-state index contributed by atoms with van der Waals surface area (Å²) in [5.74, 6) is -0.401. The predicted octanol–water partition coefficient (Wildman–Crippen LogP) is 1.55. The van der Waals surface area contributed by atoms with Gasteiger partial charge in [-0.2, -0.15) is 5.26 Å². The predicted molar refractivity (Wildman–Crippen MR) is 128 cm³/mol. The first-order chi connectivity index (χ1) is 17.1. The average molecular weight is 475 g/mol. The number of piperidine rings is 1. The second-order valence-electron chi connectivity index (χ2n) is 9.37. The molecule has 3 aliphatic rings. The number of hydrogen-bond acceptors (Lipinski definition) is 8. The van der Waals surface area contributed by atoms with E-state index in [-0.39, 0.29) is 47.7 Å². The lowest BCUT2D eigenvalue weighted by Gasteiger charge is -2.39. The first-order valence-corrected chi connectivity index (χ1v) is 12.3. The molecule has 2 aliphatic heterocycles. The molecule has 3 unspecified atom stereocenters. The molecule has 1 aromatic carbocycles. The SMILES string of the molecule is N#C[C@H]1CCCC[C@@H]1N1NC(Nc2ccc(CNC(=O)c3ncccn3)cc2)C2C(=O)NCCC21. The zero-order valence-corrected chi connectivity index (χ0v) is 19.5. The van der Waals surface area contributed by atoms with Gasteiger partial charge in [0.1, 0.15) is 6.17 Å². The number of fused-ring (bicyclic) bond motifs is 1. The molecule has 3 heterocycles. The Hall–Kier alpha value is -3.55. The number of hydrazine groups is 1. The van der Waals surface area contributed by atoms with E-state index in [0.29, 0.717) is 13.1 Å². The maximum Gasteiger partial charge on any atom is 0.289 e. The fraction of sp³-hybridized carbons (Fsp3) is 0.480. The van der Waals surface area contributed by atoms with Gasteiger partial charge in [-0.3, -0.25) is 9.59 Å². The van der Waals surface area contributed by atoms with Crippen LogP contribution in [0.25, 0.3) is 0 Å². The molecule has 1 aliphatic carbocycles. The number of anilines is 1. The number of aromatic nitrogens is 2. The van der Waals surface area contributed by atoms with Crippen LogP contribution in [0.1, 0.15) is 48.3 Å². The molecule has 5 rings (SSSR count). The van der Waals surface area contributed by atoms with E-state index in [1.165, 1.54) is 12.4 Å². The van der Waals surface area contributed by atoms with Gasteiger partial charge >= 0.3 is 0 Å². The molecular formula is C25H30N8O2. The van der Waals surface area contributed by atoms with E-state index in [2.05, 4.69) is 42.4 Å². The highest BCUT2D eigenvalue weighted by molar-refractivity contribution is 5.90. The maximum absolute atomic E-state index is 12.8. The first-order valence-electron chi connectivity index (χ1n) is 12.3. The van der Waals surface area contributed by atoms with Crippen LogP contribution in [0.15, 0.2) is 42.7 Å². The van der Waals surface area contributed by atoms with Gasteiger partial charge in [0.25, 0.3) is 5.91 Å². The lowest BCUT2D eigenvalue weighted by molar-refractivity contribution is -0.128. The zero-order valence-electron chi connectivity index (χ0n) is 19.5. The summed E-state index contributed by atoms with van der Waals surface area (Å²) in [4.78, 5) is 32.9. The molecule has 0 spiro atoms.